The fourth-order valence-electron chi connectivity index (χ4n) is 1.77. The number of aliphatic hydroxyl groups is 1. The van der Waals surface area contributed by atoms with Gasteiger partial charge in [-0.15, -0.1) is 0 Å². The molecule has 0 aliphatic carbocycles. The number of carboxylic acids is 1. The second-order valence-electron chi connectivity index (χ2n) is 5.05. The van der Waals surface area contributed by atoms with Gasteiger partial charge >= 0.3 is 5.97 Å². The maximum Gasteiger partial charge on any atom is 0.303 e. The molecule has 2 N–H and O–H groups in total. The van der Waals surface area contributed by atoms with E-state index in [1.807, 2.05) is 24.3 Å². The highest BCUT2D eigenvalue weighted by Gasteiger charge is 2.12. The maximum absolute atomic E-state index is 10.4. The molecule has 1 aromatic rings. The van der Waals surface area contributed by atoms with Crippen molar-refractivity contribution in [2.24, 2.45) is 0 Å². The Hall–Kier alpha value is -1.35. The molecule has 0 amide bonds. The zero-order valence-electron chi connectivity index (χ0n) is 10.4. The minimum Gasteiger partial charge on any atom is -0.481 e. The molecule has 0 saturated carbocycles. The lowest BCUT2D eigenvalue weighted by atomic mass is 9.97. The van der Waals surface area contributed by atoms with Gasteiger partial charge in [0.05, 0.1) is 5.60 Å². The average Bonchev–Trinajstić information content (AvgIpc) is 2.18. The average molecular weight is 236 g/mol. The van der Waals surface area contributed by atoms with Gasteiger partial charge in [-0.25, -0.2) is 0 Å². The summed E-state index contributed by atoms with van der Waals surface area (Å²) in [5.74, 6) is -0.747. The van der Waals surface area contributed by atoms with E-state index >= 15 is 0 Å². The van der Waals surface area contributed by atoms with Gasteiger partial charge in [0.25, 0.3) is 0 Å². The maximum atomic E-state index is 10.4. The summed E-state index contributed by atoms with van der Waals surface area (Å²) in [5, 5.41) is 18.2. The van der Waals surface area contributed by atoms with Gasteiger partial charge in [-0.2, -0.15) is 0 Å². The minimum atomic E-state index is -0.747. The molecule has 1 aromatic carbocycles. The van der Waals surface area contributed by atoms with Gasteiger partial charge in [0, 0.05) is 12.8 Å². The van der Waals surface area contributed by atoms with E-state index in [9.17, 15) is 9.90 Å². The van der Waals surface area contributed by atoms with E-state index in [2.05, 4.69) is 0 Å². The first-order chi connectivity index (χ1) is 7.87. The summed E-state index contributed by atoms with van der Waals surface area (Å²) in [6.45, 7) is 3.57. The van der Waals surface area contributed by atoms with Gasteiger partial charge in [-0.3, -0.25) is 4.79 Å². The normalized spacial score (nSPS) is 11.5. The Bertz CT molecular complexity index is 360. The number of aliphatic carboxylic acids is 1. The molecule has 1 rings (SSSR count). The summed E-state index contributed by atoms with van der Waals surface area (Å²) < 4.78 is 0. The van der Waals surface area contributed by atoms with Crippen LogP contribution in [0, 0.1) is 0 Å². The summed E-state index contributed by atoms with van der Waals surface area (Å²) in [4.78, 5) is 10.4. The Kier molecular flexibility index (Phi) is 4.70. The quantitative estimate of drug-likeness (QED) is 0.797. The molecular weight excluding hydrogens is 216 g/mol. The molecule has 0 saturated heterocycles. The number of carboxylic acid groups (broad SMARTS) is 1. The highest BCUT2D eigenvalue weighted by molar-refractivity contribution is 5.66. The van der Waals surface area contributed by atoms with Gasteiger partial charge in [0.1, 0.15) is 0 Å². The van der Waals surface area contributed by atoms with E-state index in [0.717, 1.165) is 17.5 Å². The second kappa shape index (κ2) is 5.82. The summed E-state index contributed by atoms with van der Waals surface area (Å²) in [7, 11) is 0. The lowest BCUT2D eigenvalue weighted by molar-refractivity contribution is -0.137. The standard InChI is InChI=1S/C14H20O3/c1-14(2,17)10-12-8-6-11(7-9-12)4-3-5-13(15)16/h6-9,17H,3-5,10H2,1-2H3,(H,15,16). The van der Waals surface area contributed by atoms with Crippen molar-refractivity contribution < 1.29 is 15.0 Å². The van der Waals surface area contributed by atoms with Crippen molar-refractivity contribution in [2.75, 3.05) is 0 Å². The number of hydrogen-bond donors (Lipinski definition) is 2. The molecule has 0 unspecified atom stereocenters. The zero-order chi connectivity index (χ0) is 12.9. The first-order valence-electron chi connectivity index (χ1n) is 5.89. The van der Waals surface area contributed by atoms with E-state index in [0.29, 0.717) is 12.8 Å². The Balaban J connectivity index is 2.47. The Morgan fingerprint density at radius 1 is 1.18 bits per heavy atom. The molecule has 0 fully saturated rings. The highest BCUT2D eigenvalue weighted by Crippen LogP contribution is 2.14. The molecule has 3 heteroatoms. The van der Waals surface area contributed by atoms with Crippen LogP contribution in [0.4, 0.5) is 0 Å². The van der Waals surface area contributed by atoms with Crippen LogP contribution in [0.2, 0.25) is 0 Å². The highest BCUT2D eigenvalue weighted by atomic mass is 16.4. The molecule has 0 heterocycles. The summed E-state index contributed by atoms with van der Waals surface area (Å²) in [6, 6.07) is 7.99. The fourth-order valence-corrected chi connectivity index (χ4v) is 1.77. The minimum absolute atomic E-state index is 0.214. The van der Waals surface area contributed by atoms with Crippen molar-refractivity contribution >= 4 is 5.97 Å². The predicted molar refractivity (Wildman–Crippen MR) is 67.0 cm³/mol. The van der Waals surface area contributed by atoms with Crippen LogP contribution in [-0.2, 0) is 17.6 Å². The number of aryl methyl sites for hydroxylation is 1. The van der Waals surface area contributed by atoms with E-state index in [4.69, 9.17) is 5.11 Å². The molecule has 0 radical (unpaired) electrons. The van der Waals surface area contributed by atoms with Crippen LogP contribution in [-0.4, -0.2) is 21.8 Å². The van der Waals surface area contributed by atoms with Crippen LogP contribution in [0.25, 0.3) is 0 Å². The Morgan fingerprint density at radius 3 is 2.18 bits per heavy atom. The van der Waals surface area contributed by atoms with Crippen LogP contribution in [0.15, 0.2) is 24.3 Å². The summed E-state index contributed by atoms with van der Waals surface area (Å²) in [5.41, 5.74) is 1.55. The van der Waals surface area contributed by atoms with Crippen molar-refractivity contribution in [3.63, 3.8) is 0 Å². The molecule has 0 aliphatic rings. The molecule has 0 aliphatic heterocycles. The zero-order valence-corrected chi connectivity index (χ0v) is 10.4. The molecule has 0 aromatic heterocycles. The SMILES string of the molecule is CC(C)(O)Cc1ccc(CCCC(=O)O)cc1. The number of hydrogen-bond acceptors (Lipinski definition) is 2. The van der Waals surface area contributed by atoms with Crippen molar-refractivity contribution in [3.8, 4) is 0 Å². The lowest BCUT2D eigenvalue weighted by Crippen LogP contribution is -2.21. The first-order valence-corrected chi connectivity index (χ1v) is 5.89. The second-order valence-corrected chi connectivity index (χ2v) is 5.05. The summed E-state index contributed by atoms with van der Waals surface area (Å²) >= 11 is 0. The summed E-state index contributed by atoms with van der Waals surface area (Å²) in [6.07, 6.45) is 2.29. The van der Waals surface area contributed by atoms with Crippen LogP contribution in [0.1, 0.15) is 37.8 Å². The van der Waals surface area contributed by atoms with Crippen LogP contribution in [0.3, 0.4) is 0 Å². The smallest absolute Gasteiger partial charge is 0.303 e. The van der Waals surface area contributed by atoms with Gasteiger partial charge in [-0.05, 0) is 37.8 Å². The largest absolute Gasteiger partial charge is 0.481 e. The number of rotatable bonds is 6. The van der Waals surface area contributed by atoms with Crippen LogP contribution < -0.4 is 0 Å². The van der Waals surface area contributed by atoms with Gasteiger partial charge in [0.15, 0.2) is 0 Å². The third-order valence-corrected chi connectivity index (χ3v) is 2.52. The van der Waals surface area contributed by atoms with Gasteiger partial charge in [0.2, 0.25) is 0 Å². The predicted octanol–water partition coefficient (Wildman–Crippen LogP) is 2.41. The molecule has 3 nitrogen and oxygen atoms in total. The van der Waals surface area contributed by atoms with E-state index in [1.54, 1.807) is 13.8 Å². The first kappa shape index (κ1) is 13.7. The fraction of sp³-hybridized carbons (Fsp3) is 0.500. The third kappa shape index (κ3) is 6.07. The molecule has 0 atom stereocenters. The van der Waals surface area contributed by atoms with Crippen molar-refractivity contribution in [2.45, 2.75) is 45.1 Å². The van der Waals surface area contributed by atoms with Crippen LogP contribution >= 0.6 is 0 Å². The van der Waals surface area contributed by atoms with Gasteiger partial charge < -0.3 is 10.2 Å². The Morgan fingerprint density at radius 2 is 1.71 bits per heavy atom. The number of carbonyl (C=O) groups is 1. The van der Waals surface area contributed by atoms with E-state index in [1.165, 1.54) is 0 Å². The van der Waals surface area contributed by atoms with E-state index < -0.39 is 11.6 Å². The van der Waals surface area contributed by atoms with Crippen LogP contribution in [0.5, 0.6) is 0 Å². The Labute approximate surface area is 102 Å². The molecule has 0 bridgehead atoms. The number of benzene rings is 1. The monoisotopic (exact) mass is 236 g/mol. The van der Waals surface area contributed by atoms with Crippen molar-refractivity contribution in [3.05, 3.63) is 35.4 Å². The molecule has 94 valence electrons. The lowest BCUT2D eigenvalue weighted by Gasteiger charge is -2.17. The van der Waals surface area contributed by atoms with Crippen molar-refractivity contribution in [1.29, 1.82) is 0 Å². The molecule has 17 heavy (non-hydrogen) atoms. The third-order valence-electron chi connectivity index (χ3n) is 2.52. The molecule has 0 spiro atoms. The van der Waals surface area contributed by atoms with Gasteiger partial charge in [-0.1, -0.05) is 24.3 Å². The molecular formula is C14H20O3. The van der Waals surface area contributed by atoms with E-state index in [-0.39, 0.29) is 6.42 Å². The topological polar surface area (TPSA) is 57.5 Å². The van der Waals surface area contributed by atoms with Crippen molar-refractivity contribution in [1.82, 2.24) is 0 Å².